The zero-order chi connectivity index (χ0) is 10.4. The fourth-order valence-corrected chi connectivity index (χ4v) is 1.43. The molecule has 0 atom stereocenters. The van der Waals surface area contributed by atoms with Crippen LogP contribution < -0.4 is 0 Å². The van der Waals surface area contributed by atoms with Gasteiger partial charge in [0.25, 0.3) is 0 Å². The van der Waals surface area contributed by atoms with Gasteiger partial charge in [-0.05, 0) is 44.6 Å². The number of hydrogen-bond acceptors (Lipinski definition) is 1. The zero-order valence-corrected chi connectivity index (χ0v) is 9.16. The lowest BCUT2D eigenvalue weighted by molar-refractivity contribution is 0.403. The zero-order valence-electron chi connectivity index (χ0n) is 9.16. The van der Waals surface area contributed by atoms with E-state index in [4.69, 9.17) is 0 Å². The van der Waals surface area contributed by atoms with E-state index >= 15 is 0 Å². The second-order valence-corrected chi connectivity index (χ2v) is 3.88. The molecular formula is C13H19N. The molecule has 76 valence electrons. The molecular weight excluding hydrogens is 170 g/mol. The third-order valence-electron chi connectivity index (χ3n) is 2.27. The van der Waals surface area contributed by atoms with Gasteiger partial charge in [0.2, 0.25) is 0 Å². The standard InChI is InChI=1S/C13H19N/c1-12(8-7-11-14(2)3)13-9-5-4-6-10-13/h4-6,9-10H,1,7-8,11H2,2-3H3. The molecule has 0 radical (unpaired) electrons. The summed E-state index contributed by atoms with van der Waals surface area (Å²) in [6.45, 7) is 5.23. The molecule has 1 rings (SSSR count). The quantitative estimate of drug-likeness (QED) is 0.688. The fraction of sp³-hybridized carbons (Fsp3) is 0.385. The van der Waals surface area contributed by atoms with E-state index in [9.17, 15) is 0 Å². The van der Waals surface area contributed by atoms with E-state index in [0.717, 1.165) is 13.0 Å². The first-order chi connectivity index (χ1) is 6.70. The van der Waals surface area contributed by atoms with Crippen LogP contribution in [0.1, 0.15) is 18.4 Å². The van der Waals surface area contributed by atoms with Gasteiger partial charge in [0.1, 0.15) is 0 Å². The summed E-state index contributed by atoms with van der Waals surface area (Å²) in [5, 5.41) is 0. The lowest BCUT2D eigenvalue weighted by atomic mass is 10.0. The maximum absolute atomic E-state index is 4.10. The van der Waals surface area contributed by atoms with Crippen LogP contribution in [0.4, 0.5) is 0 Å². The summed E-state index contributed by atoms with van der Waals surface area (Å²) in [5.41, 5.74) is 2.51. The smallest absolute Gasteiger partial charge is 0.00217 e. The molecule has 14 heavy (non-hydrogen) atoms. The third-order valence-corrected chi connectivity index (χ3v) is 2.27. The first-order valence-corrected chi connectivity index (χ1v) is 5.08. The molecule has 0 saturated carbocycles. The van der Waals surface area contributed by atoms with Crippen molar-refractivity contribution in [2.75, 3.05) is 20.6 Å². The molecule has 0 bridgehead atoms. The van der Waals surface area contributed by atoms with Gasteiger partial charge < -0.3 is 4.90 Å². The van der Waals surface area contributed by atoms with Crippen LogP contribution in [0, 0.1) is 0 Å². The lowest BCUT2D eigenvalue weighted by Crippen LogP contribution is -2.12. The normalized spacial score (nSPS) is 10.5. The molecule has 0 aromatic heterocycles. The molecule has 0 N–H and O–H groups in total. The predicted octanol–water partition coefficient (Wildman–Crippen LogP) is 3.04. The van der Waals surface area contributed by atoms with Gasteiger partial charge in [-0.15, -0.1) is 0 Å². The van der Waals surface area contributed by atoms with Crippen molar-refractivity contribution in [1.29, 1.82) is 0 Å². The van der Waals surface area contributed by atoms with Gasteiger partial charge in [-0.1, -0.05) is 36.9 Å². The fourth-order valence-electron chi connectivity index (χ4n) is 1.43. The maximum Gasteiger partial charge on any atom is -0.00217 e. The molecule has 0 heterocycles. The maximum atomic E-state index is 4.10. The minimum atomic E-state index is 1.09. The van der Waals surface area contributed by atoms with E-state index in [1.807, 2.05) is 6.07 Å². The minimum absolute atomic E-state index is 1.09. The Bertz CT molecular complexity index is 275. The summed E-state index contributed by atoms with van der Waals surface area (Å²) in [5.74, 6) is 0. The van der Waals surface area contributed by atoms with Crippen molar-refractivity contribution in [2.24, 2.45) is 0 Å². The molecule has 0 spiro atoms. The Morgan fingerprint density at radius 2 is 1.86 bits per heavy atom. The van der Waals surface area contributed by atoms with E-state index in [1.165, 1.54) is 17.6 Å². The number of benzene rings is 1. The average Bonchev–Trinajstić information content (AvgIpc) is 2.18. The molecule has 0 aliphatic carbocycles. The molecule has 0 amide bonds. The van der Waals surface area contributed by atoms with Crippen molar-refractivity contribution in [3.05, 3.63) is 42.5 Å². The highest BCUT2D eigenvalue weighted by Crippen LogP contribution is 2.16. The highest BCUT2D eigenvalue weighted by molar-refractivity contribution is 5.62. The van der Waals surface area contributed by atoms with Gasteiger partial charge in [0.15, 0.2) is 0 Å². The lowest BCUT2D eigenvalue weighted by Gasteiger charge is -2.10. The van der Waals surface area contributed by atoms with Crippen molar-refractivity contribution in [3.8, 4) is 0 Å². The van der Waals surface area contributed by atoms with Crippen LogP contribution in [-0.2, 0) is 0 Å². The van der Waals surface area contributed by atoms with Crippen LogP contribution in [0.3, 0.4) is 0 Å². The molecule has 1 nitrogen and oxygen atoms in total. The van der Waals surface area contributed by atoms with Gasteiger partial charge in [-0.3, -0.25) is 0 Å². The Labute approximate surface area is 87.1 Å². The Kier molecular flexibility index (Phi) is 4.41. The summed E-state index contributed by atoms with van der Waals surface area (Å²) in [7, 11) is 4.20. The second-order valence-electron chi connectivity index (χ2n) is 3.88. The first-order valence-electron chi connectivity index (χ1n) is 5.08. The Morgan fingerprint density at radius 1 is 1.21 bits per heavy atom. The summed E-state index contributed by atoms with van der Waals surface area (Å²) in [6.07, 6.45) is 2.27. The topological polar surface area (TPSA) is 3.24 Å². The molecule has 0 unspecified atom stereocenters. The van der Waals surface area contributed by atoms with Gasteiger partial charge in [0.05, 0.1) is 0 Å². The van der Waals surface area contributed by atoms with Crippen LogP contribution in [-0.4, -0.2) is 25.5 Å². The number of hydrogen-bond donors (Lipinski definition) is 0. The van der Waals surface area contributed by atoms with E-state index in [2.05, 4.69) is 49.8 Å². The van der Waals surface area contributed by atoms with Crippen molar-refractivity contribution in [3.63, 3.8) is 0 Å². The number of rotatable bonds is 5. The van der Waals surface area contributed by atoms with Gasteiger partial charge >= 0.3 is 0 Å². The van der Waals surface area contributed by atoms with Gasteiger partial charge in [0, 0.05) is 0 Å². The molecule has 0 aliphatic rings. The molecule has 0 saturated heterocycles. The van der Waals surface area contributed by atoms with E-state index in [-0.39, 0.29) is 0 Å². The minimum Gasteiger partial charge on any atom is -0.309 e. The summed E-state index contributed by atoms with van der Waals surface area (Å²) in [4.78, 5) is 2.21. The van der Waals surface area contributed by atoms with Crippen molar-refractivity contribution in [2.45, 2.75) is 12.8 Å². The summed E-state index contributed by atoms with van der Waals surface area (Å²) in [6, 6.07) is 10.4. The summed E-state index contributed by atoms with van der Waals surface area (Å²) >= 11 is 0. The number of nitrogens with zero attached hydrogens (tertiary/aromatic N) is 1. The Morgan fingerprint density at radius 3 is 2.43 bits per heavy atom. The molecule has 1 aromatic carbocycles. The van der Waals surface area contributed by atoms with Gasteiger partial charge in [-0.25, -0.2) is 0 Å². The molecule has 1 aromatic rings. The highest BCUT2D eigenvalue weighted by atomic mass is 15.0. The van der Waals surface area contributed by atoms with E-state index in [0.29, 0.717) is 0 Å². The Hall–Kier alpha value is -1.08. The van der Waals surface area contributed by atoms with Crippen molar-refractivity contribution in [1.82, 2.24) is 4.90 Å². The van der Waals surface area contributed by atoms with Crippen LogP contribution in [0.15, 0.2) is 36.9 Å². The first kappa shape index (κ1) is 11.0. The van der Waals surface area contributed by atoms with Crippen LogP contribution >= 0.6 is 0 Å². The van der Waals surface area contributed by atoms with Crippen molar-refractivity contribution >= 4 is 5.57 Å². The Balaban J connectivity index is 2.36. The molecule has 1 heteroatoms. The average molecular weight is 189 g/mol. The predicted molar refractivity (Wildman–Crippen MR) is 63.3 cm³/mol. The number of allylic oxidation sites excluding steroid dienone is 1. The van der Waals surface area contributed by atoms with E-state index in [1.54, 1.807) is 0 Å². The second kappa shape index (κ2) is 5.61. The van der Waals surface area contributed by atoms with Crippen LogP contribution in [0.2, 0.25) is 0 Å². The SMILES string of the molecule is C=C(CCCN(C)C)c1ccccc1. The monoisotopic (exact) mass is 189 g/mol. The van der Waals surface area contributed by atoms with Crippen molar-refractivity contribution < 1.29 is 0 Å². The molecule has 0 aliphatic heterocycles. The third kappa shape index (κ3) is 3.75. The molecule has 0 fully saturated rings. The van der Waals surface area contributed by atoms with Crippen LogP contribution in [0.25, 0.3) is 5.57 Å². The van der Waals surface area contributed by atoms with Crippen LogP contribution in [0.5, 0.6) is 0 Å². The highest BCUT2D eigenvalue weighted by Gasteiger charge is 1.98. The van der Waals surface area contributed by atoms with Gasteiger partial charge in [-0.2, -0.15) is 0 Å². The van der Waals surface area contributed by atoms with E-state index < -0.39 is 0 Å². The largest absolute Gasteiger partial charge is 0.309 e. The summed E-state index contributed by atoms with van der Waals surface area (Å²) < 4.78 is 0.